The van der Waals surface area contributed by atoms with Crippen LogP contribution < -0.4 is 4.74 Å². The Morgan fingerprint density at radius 3 is 2.62 bits per heavy atom. The number of hydrogen-bond acceptors (Lipinski definition) is 2. The summed E-state index contributed by atoms with van der Waals surface area (Å²) in [5.74, 6) is -0.0279. The molecule has 0 radical (unpaired) electrons. The van der Waals surface area contributed by atoms with Gasteiger partial charge in [0, 0.05) is 35.1 Å². The van der Waals surface area contributed by atoms with Gasteiger partial charge in [-0.05, 0) is 47.9 Å². The maximum Gasteiger partial charge on any atom is 0.303 e. The maximum atomic E-state index is 10.9. The molecule has 3 rings (SSSR count). The first-order valence-corrected chi connectivity index (χ1v) is 8.06. The molecular weight excluding hydrogens is 326 g/mol. The second kappa shape index (κ2) is 6.97. The molecule has 124 valence electrons. The van der Waals surface area contributed by atoms with Crippen LogP contribution in [0.15, 0.2) is 48.7 Å². The fraction of sp³-hybridized carbons (Fsp3) is 0.211. The maximum absolute atomic E-state index is 10.9. The Kier molecular flexibility index (Phi) is 4.76. The number of benzene rings is 2. The highest BCUT2D eigenvalue weighted by molar-refractivity contribution is 6.30. The zero-order valence-electron chi connectivity index (χ0n) is 13.3. The van der Waals surface area contributed by atoms with Crippen LogP contribution >= 0.6 is 11.6 Å². The number of ether oxygens (including phenoxy) is 1. The molecule has 4 nitrogen and oxygen atoms in total. The SMILES string of the molecule is COc1ccc2c(c1)c(CCC(=O)O)cn2Cc1ccc(Cl)cc1. The number of aliphatic carboxylic acids is 1. The summed E-state index contributed by atoms with van der Waals surface area (Å²) >= 11 is 5.94. The highest BCUT2D eigenvalue weighted by Crippen LogP contribution is 2.28. The van der Waals surface area contributed by atoms with Crippen LogP contribution in [-0.4, -0.2) is 22.8 Å². The third kappa shape index (κ3) is 3.54. The number of carbonyl (C=O) groups is 1. The minimum atomic E-state index is -0.795. The first kappa shape index (κ1) is 16.4. The fourth-order valence-electron chi connectivity index (χ4n) is 2.84. The topological polar surface area (TPSA) is 51.5 Å². The number of methoxy groups -OCH3 is 1. The minimum Gasteiger partial charge on any atom is -0.497 e. The van der Waals surface area contributed by atoms with Crippen molar-refractivity contribution >= 4 is 28.5 Å². The molecule has 0 aliphatic heterocycles. The van der Waals surface area contributed by atoms with Gasteiger partial charge in [0.25, 0.3) is 0 Å². The van der Waals surface area contributed by atoms with Crippen molar-refractivity contribution in [3.8, 4) is 5.75 Å². The van der Waals surface area contributed by atoms with E-state index >= 15 is 0 Å². The molecule has 3 aromatic rings. The molecule has 0 saturated heterocycles. The Morgan fingerprint density at radius 1 is 1.21 bits per heavy atom. The van der Waals surface area contributed by atoms with Crippen molar-refractivity contribution in [1.82, 2.24) is 4.57 Å². The second-order valence-corrected chi connectivity index (χ2v) is 6.12. The van der Waals surface area contributed by atoms with Crippen LogP contribution in [0.2, 0.25) is 5.02 Å². The third-order valence-corrected chi connectivity index (χ3v) is 4.30. The number of rotatable bonds is 6. The van der Waals surface area contributed by atoms with Gasteiger partial charge in [-0.1, -0.05) is 23.7 Å². The molecule has 0 aliphatic rings. The Labute approximate surface area is 145 Å². The van der Waals surface area contributed by atoms with Gasteiger partial charge >= 0.3 is 5.97 Å². The number of carboxylic acids is 1. The summed E-state index contributed by atoms with van der Waals surface area (Å²) in [6.45, 7) is 0.701. The number of fused-ring (bicyclic) bond motifs is 1. The number of nitrogens with zero attached hydrogens (tertiary/aromatic N) is 1. The Bertz CT molecular complexity index is 868. The molecule has 1 heterocycles. The van der Waals surface area contributed by atoms with E-state index in [1.165, 1.54) is 0 Å². The summed E-state index contributed by atoms with van der Waals surface area (Å²) in [4.78, 5) is 10.9. The summed E-state index contributed by atoms with van der Waals surface area (Å²) in [5, 5.41) is 10.7. The highest BCUT2D eigenvalue weighted by atomic mass is 35.5. The predicted molar refractivity (Wildman–Crippen MR) is 95.0 cm³/mol. The zero-order valence-corrected chi connectivity index (χ0v) is 14.1. The van der Waals surface area contributed by atoms with Gasteiger partial charge in [-0.3, -0.25) is 4.79 Å². The quantitative estimate of drug-likeness (QED) is 0.723. The average Bonchev–Trinajstić information content (AvgIpc) is 2.92. The van der Waals surface area contributed by atoms with Crippen molar-refractivity contribution in [2.24, 2.45) is 0 Å². The summed E-state index contributed by atoms with van der Waals surface area (Å²) in [5.41, 5.74) is 3.21. The standard InChI is InChI=1S/C19H18ClNO3/c1-24-16-7-8-18-17(10-16)14(4-9-19(22)23)12-21(18)11-13-2-5-15(20)6-3-13/h2-3,5-8,10,12H,4,9,11H2,1H3,(H,22,23). The van der Waals surface area contributed by atoms with Crippen LogP contribution in [0.1, 0.15) is 17.5 Å². The van der Waals surface area contributed by atoms with Gasteiger partial charge in [0.15, 0.2) is 0 Å². The number of hydrogen-bond donors (Lipinski definition) is 1. The lowest BCUT2D eigenvalue weighted by atomic mass is 10.1. The number of halogens is 1. The first-order chi connectivity index (χ1) is 11.6. The van der Waals surface area contributed by atoms with Gasteiger partial charge in [-0.25, -0.2) is 0 Å². The molecule has 0 atom stereocenters. The molecule has 0 aliphatic carbocycles. The van der Waals surface area contributed by atoms with Gasteiger partial charge in [-0.15, -0.1) is 0 Å². The Balaban J connectivity index is 2.00. The van der Waals surface area contributed by atoms with Gasteiger partial charge in [0.1, 0.15) is 5.75 Å². The van der Waals surface area contributed by atoms with Crippen LogP contribution in [0.5, 0.6) is 5.75 Å². The monoisotopic (exact) mass is 343 g/mol. The van der Waals surface area contributed by atoms with Gasteiger partial charge < -0.3 is 14.4 Å². The lowest BCUT2D eigenvalue weighted by molar-refractivity contribution is -0.136. The van der Waals surface area contributed by atoms with Crippen LogP contribution in [-0.2, 0) is 17.8 Å². The first-order valence-electron chi connectivity index (χ1n) is 7.69. The molecule has 0 bridgehead atoms. The Hall–Kier alpha value is -2.46. The average molecular weight is 344 g/mol. The molecule has 1 N–H and O–H groups in total. The summed E-state index contributed by atoms with van der Waals surface area (Å²) in [6, 6.07) is 13.6. The van der Waals surface area contributed by atoms with Crippen LogP contribution in [0.25, 0.3) is 10.9 Å². The number of aryl methyl sites for hydroxylation is 1. The minimum absolute atomic E-state index is 0.108. The van der Waals surface area contributed by atoms with E-state index in [0.29, 0.717) is 18.0 Å². The van der Waals surface area contributed by atoms with E-state index in [9.17, 15) is 4.79 Å². The molecular formula is C19H18ClNO3. The number of aromatic nitrogens is 1. The molecule has 5 heteroatoms. The van der Waals surface area contributed by atoms with E-state index < -0.39 is 5.97 Å². The van der Waals surface area contributed by atoms with E-state index in [4.69, 9.17) is 21.4 Å². The van der Waals surface area contributed by atoms with Crippen molar-refractivity contribution in [3.63, 3.8) is 0 Å². The summed E-state index contributed by atoms with van der Waals surface area (Å²) in [6.07, 6.45) is 2.63. The molecule has 2 aromatic carbocycles. The van der Waals surface area contributed by atoms with Crippen LogP contribution in [0.4, 0.5) is 0 Å². The lowest BCUT2D eigenvalue weighted by Crippen LogP contribution is -1.98. The van der Waals surface area contributed by atoms with Crippen LogP contribution in [0, 0.1) is 0 Å². The predicted octanol–water partition coefficient (Wildman–Crippen LogP) is 4.37. The van der Waals surface area contributed by atoms with Gasteiger partial charge in [0.2, 0.25) is 0 Å². The normalized spacial score (nSPS) is 10.9. The second-order valence-electron chi connectivity index (χ2n) is 5.69. The summed E-state index contributed by atoms with van der Waals surface area (Å²) in [7, 11) is 1.63. The number of carboxylic acid groups (broad SMARTS) is 1. The van der Waals surface area contributed by atoms with Gasteiger partial charge in [-0.2, -0.15) is 0 Å². The molecule has 0 fully saturated rings. The lowest BCUT2D eigenvalue weighted by Gasteiger charge is -2.06. The molecule has 0 amide bonds. The molecule has 1 aromatic heterocycles. The fourth-order valence-corrected chi connectivity index (χ4v) is 2.96. The molecule has 0 unspecified atom stereocenters. The zero-order chi connectivity index (χ0) is 17.1. The third-order valence-electron chi connectivity index (χ3n) is 4.05. The molecule has 0 spiro atoms. The largest absolute Gasteiger partial charge is 0.497 e. The van der Waals surface area contributed by atoms with Crippen molar-refractivity contribution in [3.05, 3.63) is 64.8 Å². The van der Waals surface area contributed by atoms with Crippen LogP contribution in [0.3, 0.4) is 0 Å². The molecule has 24 heavy (non-hydrogen) atoms. The highest BCUT2D eigenvalue weighted by Gasteiger charge is 2.11. The van der Waals surface area contributed by atoms with E-state index in [-0.39, 0.29) is 6.42 Å². The van der Waals surface area contributed by atoms with Crippen molar-refractivity contribution in [1.29, 1.82) is 0 Å². The van der Waals surface area contributed by atoms with Crippen molar-refractivity contribution < 1.29 is 14.6 Å². The molecule has 0 saturated carbocycles. The van der Waals surface area contributed by atoms with E-state index in [1.54, 1.807) is 7.11 Å². The van der Waals surface area contributed by atoms with Crippen molar-refractivity contribution in [2.45, 2.75) is 19.4 Å². The van der Waals surface area contributed by atoms with E-state index in [2.05, 4.69) is 4.57 Å². The Morgan fingerprint density at radius 2 is 1.96 bits per heavy atom. The van der Waals surface area contributed by atoms with E-state index in [0.717, 1.165) is 27.8 Å². The smallest absolute Gasteiger partial charge is 0.303 e. The van der Waals surface area contributed by atoms with E-state index in [1.807, 2.05) is 48.7 Å². The van der Waals surface area contributed by atoms with Crippen molar-refractivity contribution in [2.75, 3.05) is 7.11 Å². The summed E-state index contributed by atoms with van der Waals surface area (Å²) < 4.78 is 7.44. The van der Waals surface area contributed by atoms with Gasteiger partial charge in [0.05, 0.1) is 7.11 Å².